The summed E-state index contributed by atoms with van der Waals surface area (Å²) < 4.78 is 0. The molecule has 0 spiro atoms. The predicted molar refractivity (Wildman–Crippen MR) is 72.3 cm³/mol. The van der Waals surface area contributed by atoms with Crippen LogP contribution >= 0.6 is 11.6 Å². The number of phenolic OH excluding ortho intramolecular Hbond substituents is 1. The van der Waals surface area contributed by atoms with Gasteiger partial charge in [-0.2, -0.15) is 0 Å². The van der Waals surface area contributed by atoms with Crippen molar-refractivity contribution < 1.29 is 15.1 Å². The van der Waals surface area contributed by atoms with Gasteiger partial charge in [-0.25, -0.2) is 0 Å². The molecule has 0 aromatic heterocycles. The minimum absolute atomic E-state index is 0.0583. The SMILES string of the molecule is C=CCN(CCO)Cc1cc(Cl)cc([N+](=O)[O-])c1O. The van der Waals surface area contributed by atoms with Crippen LogP contribution in [0.15, 0.2) is 24.8 Å². The second-order valence-electron chi connectivity index (χ2n) is 3.94. The summed E-state index contributed by atoms with van der Waals surface area (Å²) in [5.41, 5.74) is -0.0837. The molecule has 6 nitrogen and oxygen atoms in total. The Hall–Kier alpha value is -1.63. The zero-order valence-electron chi connectivity index (χ0n) is 10.3. The summed E-state index contributed by atoms with van der Waals surface area (Å²) in [4.78, 5) is 11.9. The van der Waals surface area contributed by atoms with Crippen molar-refractivity contribution in [1.82, 2.24) is 4.90 Å². The van der Waals surface area contributed by atoms with Crippen LogP contribution < -0.4 is 0 Å². The molecule has 0 amide bonds. The first kappa shape index (κ1) is 15.4. The Balaban J connectivity index is 3.05. The van der Waals surface area contributed by atoms with E-state index in [0.717, 1.165) is 6.07 Å². The molecule has 0 radical (unpaired) electrons. The molecule has 0 atom stereocenters. The van der Waals surface area contributed by atoms with Crippen molar-refractivity contribution in [1.29, 1.82) is 0 Å². The number of nitrogens with zero attached hydrogens (tertiary/aromatic N) is 2. The number of nitro benzene ring substituents is 1. The molecule has 7 heteroatoms. The van der Waals surface area contributed by atoms with E-state index in [4.69, 9.17) is 16.7 Å². The van der Waals surface area contributed by atoms with Gasteiger partial charge in [-0.15, -0.1) is 6.58 Å². The minimum atomic E-state index is -0.686. The van der Waals surface area contributed by atoms with E-state index in [1.54, 1.807) is 11.0 Å². The second-order valence-corrected chi connectivity index (χ2v) is 4.37. The van der Waals surface area contributed by atoms with Gasteiger partial charge in [0.2, 0.25) is 0 Å². The van der Waals surface area contributed by atoms with Gasteiger partial charge in [0.15, 0.2) is 5.75 Å². The van der Waals surface area contributed by atoms with Crippen LogP contribution in [0, 0.1) is 10.1 Å². The average molecular weight is 287 g/mol. The van der Waals surface area contributed by atoms with Crippen molar-refractivity contribution in [3.8, 4) is 5.75 Å². The summed E-state index contributed by atoms with van der Waals surface area (Å²) in [5.74, 6) is -0.401. The molecule has 0 saturated heterocycles. The van der Waals surface area contributed by atoms with Crippen LogP contribution in [0.5, 0.6) is 5.75 Å². The molecular weight excluding hydrogens is 272 g/mol. The molecule has 0 heterocycles. The monoisotopic (exact) mass is 286 g/mol. The molecule has 0 unspecified atom stereocenters. The molecule has 0 aliphatic carbocycles. The van der Waals surface area contributed by atoms with Gasteiger partial charge < -0.3 is 10.2 Å². The first-order chi connectivity index (χ1) is 8.99. The number of aliphatic hydroxyl groups excluding tert-OH is 1. The number of halogens is 1. The number of phenols is 1. The molecule has 1 rings (SSSR count). The van der Waals surface area contributed by atoms with E-state index in [2.05, 4.69) is 6.58 Å². The first-order valence-electron chi connectivity index (χ1n) is 5.59. The molecular formula is C12H15ClN2O4. The highest BCUT2D eigenvalue weighted by molar-refractivity contribution is 6.31. The number of aliphatic hydroxyl groups is 1. The lowest BCUT2D eigenvalue weighted by molar-refractivity contribution is -0.385. The van der Waals surface area contributed by atoms with E-state index in [1.165, 1.54) is 6.07 Å². The molecule has 0 aliphatic rings. The highest BCUT2D eigenvalue weighted by Crippen LogP contribution is 2.33. The van der Waals surface area contributed by atoms with Crippen molar-refractivity contribution in [3.63, 3.8) is 0 Å². The van der Waals surface area contributed by atoms with E-state index >= 15 is 0 Å². The Kier molecular flexibility index (Phi) is 5.75. The second kappa shape index (κ2) is 7.08. The van der Waals surface area contributed by atoms with Crippen molar-refractivity contribution in [2.24, 2.45) is 0 Å². The molecule has 104 valence electrons. The molecule has 0 saturated carbocycles. The highest BCUT2D eigenvalue weighted by Gasteiger charge is 2.19. The van der Waals surface area contributed by atoms with Gasteiger partial charge in [0, 0.05) is 36.3 Å². The van der Waals surface area contributed by atoms with Gasteiger partial charge >= 0.3 is 5.69 Å². The van der Waals surface area contributed by atoms with Gasteiger partial charge in [-0.3, -0.25) is 15.0 Å². The van der Waals surface area contributed by atoms with Crippen LogP contribution in [-0.2, 0) is 6.54 Å². The third-order valence-corrected chi connectivity index (χ3v) is 2.75. The fourth-order valence-corrected chi connectivity index (χ4v) is 1.93. The lowest BCUT2D eigenvalue weighted by Gasteiger charge is -2.20. The molecule has 0 fully saturated rings. The van der Waals surface area contributed by atoms with Crippen LogP contribution in [0.4, 0.5) is 5.69 Å². The number of aromatic hydroxyl groups is 1. The molecule has 1 aromatic rings. The van der Waals surface area contributed by atoms with Crippen molar-refractivity contribution in [2.45, 2.75) is 6.54 Å². The normalized spacial score (nSPS) is 10.7. The first-order valence-corrected chi connectivity index (χ1v) is 5.97. The average Bonchev–Trinajstić information content (AvgIpc) is 2.33. The largest absolute Gasteiger partial charge is 0.502 e. The topological polar surface area (TPSA) is 86.8 Å². The van der Waals surface area contributed by atoms with Crippen molar-refractivity contribution in [2.75, 3.05) is 19.7 Å². The van der Waals surface area contributed by atoms with Crippen molar-refractivity contribution in [3.05, 3.63) is 45.5 Å². The van der Waals surface area contributed by atoms with Crippen LogP contribution in [0.2, 0.25) is 5.02 Å². The molecule has 19 heavy (non-hydrogen) atoms. The van der Waals surface area contributed by atoms with E-state index < -0.39 is 16.4 Å². The van der Waals surface area contributed by atoms with Crippen LogP contribution in [0.25, 0.3) is 0 Å². The van der Waals surface area contributed by atoms with E-state index in [0.29, 0.717) is 18.7 Å². The highest BCUT2D eigenvalue weighted by atomic mass is 35.5. The lowest BCUT2D eigenvalue weighted by atomic mass is 10.1. The Bertz CT molecular complexity index is 479. The Morgan fingerprint density at radius 2 is 2.21 bits per heavy atom. The van der Waals surface area contributed by atoms with E-state index in [-0.39, 0.29) is 18.2 Å². The third-order valence-electron chi connectivity index (χ3n) is 2.53. The Labute approximate surface area is 115 Å². The van der Waals surface area contributed by atoms with E-state index in [9.17, 15) is 15.2 Å². The lowest BCUT2D eigenvalue weighted by Crippen LogP contribution is -2.26. The molecule has 1 aromatic carbocycles. The van der Waals surface area contributed by atoms with Crippen LogP contribution in [-0.4, -0.2) is 39.7 Å². The van der Waals surface area contributed by atoms with Gasteiger partial charge in [0.25, 0.3) is 0 Å². The molecule has 0 aliphatic heterocycles. The van der Waals surface area contributed by atoms with E-state index in [1.807, 2.05) is 0 Å². The summed E-state index contributed by atoms with van der Waals surface area (Å²) in [6.07, 6.45) is 1.64. The maximum absolute atomic E-state index is 10.8. The number of nitro groups is 1. The number of hydrogen-bond donors (Lipinski definition) is 2. The molecule has 0 bridgehead atoms. The maximum atomic E-state index is 10.8. The summed E-state index contributed by atoms with van der Waals surface area (Å²) in [7, 11) is 0. The fraction of sp³-hybridized carbons (Fsp3) is 0.333. The standard InChI is InChI=1S/C12H15ClN2O4/c1-2-3-14(4-5-16)8-9-6-10(13)7-11(12(9)17)15(18)19/h2,6-7,16-17H,1,3-5,8H2. The fourth-order valence-electron chi connectivity index (χ4n) is 1.70. The smallest absolute Gasteiger partial charge is 0.312 e. The summed E-state index contributed by atoms with van der Waals surface area (Å²) in [6.45, 7) is 4.62. The van der Waals surface area contributed by atoms with Gasteiger partial charge in [0.05, 0.1) is 11.5 Å². The minimum Gasteiger partial charge on any atom is -0.502 e. The van der Waals surface area contributed by atoms with Crippen molar-refractivity contribution >= 4 is 17.3 Å². The quantitative estimate of drug-likeness (QED) is 0.454. The maximum Gasteiger partial charge on any atom is 0.312 e. The number of benzene rings is 1. The summed E-state index contributed by atoms with van der Waals surface area (Å²) >= 11 is 5.80. The summed E-state index contributed by atoms with van der Waals surface area (Å²) in [6, 6.07) is 2.57. The molecule has 2 N–H and O–H groups in total. The Morgan fingerprint density at radius 3 is 2.74 bits per heavy atom. The zero-order chi connectivity index (χ0) is 14.4. The number of hydrogen-bond acceptors (Lipinski definition) is 5. The van der Waals surface area contributed by atoms with Crippen LogP contribution in [0.3, 0.4) is 0 Å². The van der Waals surface area contributed by atoms with Crippen LogP contribution in [0.1, 0.15) is 5.56 Å². The van der Waals surface area contributed by atoms with Gasteiger partial charge in [-0.1, -0.05) is 17.7 Å². The number of rotatable bonds is 7. The summed E-state index contributed by atoms with van der Waals surface area (Å²) in [5, 5.41) is 29.8. The predicted octanol–water partition coefficient (Wildman–Crippen LogP) is 1.93. The third kappa shape index (κ3) is 4.20. The van der Waals surface area contributed by atoms with Gasteiger partial charge in [0.1, 0.15) is 0 Å². The Morgan fingerprint density at radius 1 is 1.53 bits per heavy atom. The van der Waals surface area contributed by atoms with Gasteiger partial charge in [-0.05, 0) is 6.07 Å². The zero-order valence-corrected chi connectivity index (χ0v) is 11.0.